The first-order valence-electron chi connectivity index (χ1n) is 6.02. The van der Waals surface area contributed by atoms with E-state index in [1.807, 2.05) is 0 Å². The van der Waals surface area contributed by atoms with Gasteiger partial charge >= 0.3 is 0 Å². The van der Waals surface area contributed by atoms with Crippen molar-refractivity contribution in [3.8, 4) is 5.75 Å². The molecule has 3 N–H and O–H groups in total. The Bertz CT molecular complexity index is 656. The average molecular weight is 274 g/mol. The van der Waals surface area contributed by atoms with Gasteiger partial charge in [0.2, 0.25) is 0 Å². The predicted molar refractivity (Wildman–Crippen MR) is 76.5 cm³/mol. The van der Waals surface area contributed by atoms with E-state index in [-0.39, 0.29) is 11.7 Å². The second kappa shape index (κ2) is 5.61. The van der Waals surface area contributed by atoms with Gasteiger partial charge in [0.05, 0.1) is 18.5 Å². The van der Waals surface area contributed by atoms with Gasteiger partial charge in [-0.1, -0.05) is 0 Å². The smallest absolute Gasteiger partial charge is 0.255 e. The highest BCUT2D eigenvalue weighted by atomic mass is 19.1. The quantitative estimate of drug-likeness (QED) is 0.846. The Morgan fingerprint density at radius 1 is 1.25 bits per heavy atom. The van der Waals surface area contributed by atoms with E-state index in [0.717, 1.165) is 0 Å². The third-order valence-corrected chi connectivity index (χ3v) is 2.93. The fourth-order valence-electron chi connectivity index (χ4n) is 1.76. The van der Waals surface area contributed by atoms with Gasteiger partial charge in [0.15, 0.2) is 0 Å². The normalized spacial score (nSPS) is 10.2. The number of benzene rings is 2. The van der Waals surface area contributed by atoms with E-state index in [1.165, 1.54) is 25.3 Å². The zero-order valence-electron chi connectivity index (χ0n) is 11.2. The van der Waals surface area contributed by atoms with E-state index in [2.05, 4.69) is 5.32 Å². The first kappa shape index (κ1) is 13.9. The highest BCUT2D eigenvalue weighted by Gasteiger charge is 2.10. The number of amides is 1. The number of aryl methyl sites for hydroxylation is 1. The lowest BCUT2D eigenvalue weighted by atomic mass is 10.1. The number of ether oxygens (including phenoxy) is 1. The number of nitrogens with two attached hydrogens (primary N) is 1. The third-order valence-electron chi connectivity index (χ3n) is 2.93. The number of anilines is 2. The van der Waals surface area contributed by atoms with Crippen LogP contribution in [0.3, 0.4) is 0 Å². The van der Waals surface area contributed by atoms with Gasteiger partial charge in [0.25, 0.3) is 5.91 Å². The van der Waals surface area contributed by atoms with Crippen molar-refractivity contribution >= 4 is 17.3 Å². The van der Waals surface area contributed by atoms with Gasteiger partial charge < -0.3 is 15.8 Å². The predicted octanol–water partition coefficient (Wildman–Crippen LogP) is 2.98. The largest absolute Gasteiger partial charge is 0.497 e. The minimum Gasteiger partial charge on any atom is -0.497 e. The number of rotatable bonds is 3. The molecule has 5 heteroatoms. The summed E-state index contributed by atoms with van der Waals surface area (Å²) >= 11 is 0. The number of nitrogen functional groups attached to an aromatic ring is 1. The maximum Gasteiger partial charge on any atom is 0.255 e. The fraction of sp³-hybridized carbons (Fsp3) is 0.133. The van der Waals surface area contributed by atoms with Crippen molar-refractivity contribution in [2.75, 3.05) is 18.2 Å². The molecule has 0 saturated heterocycles. The second-order valence-electron chi connectivity index (χ2n) is 4.37. The van der Waals surface area contributed by atoms with Crippen LogP contribution in [-0.4, -0.2) is 13.0 Å². The molecule has 0 saturated carbocycles. The Morgan fingerprint density at radius 3 is 2.60 bits per heavy atom. The third kappa shape index (κ3) is 2.88. The number of hydrogen-bond acceptors (Lipinski definition) is 3. The van der Waals surface area contributed by atoms with Gasteiger partial charge in [-0.3, -0.25) is 4.79 Å². The Morgan fingerprint density at radius 2 is 2.00 bits per heavy atom. The lowest BCUT2D eigenvalue weighted by Gasteiger charge is -2.10. The van der Waals surface area contributed by atoms with E-state index in [1.54, 1.807) is 25.1 Å². The Balaban J connectivity index is 2.21. The van der Waals surface area contributed by atoms with E-state index in [4.69, 9.17) is 10.5 Å². The monoisotopic (exact) mass is 274 g/mol. The lowest BCUT2D eigenvalue weighted by Crippen LogP contribution is -2.13. The molecule has 2 aromatic rings. The summed E-state index contributed by atoms with van der Waals surface area (Å²) in [6.45, 7) is 1.61. The molecular weight excluding hydrogens is 259 g/mol. The average Bonchev–Trinajstić information content (AvgIpc) is 2.43. The van der Waals surface area contributed by atoms with Gasteiger partial charge in [-0.25, -0.2) is 4.39 Å². The minimum atomic E-state index is -0.343. The number of methoxy groups -OCH3 is 1. The fourth-order valence-corrected chi connectivity index (χ4v) is 1.76. The number of nitrogens with one attached hydrogen (secondary N) is 1. The van der Waals surface area contributed by atoms with Crippen LogP contribution in [0.15, 0.2) is 36.4 Å². The molecule has 4 nitrogen and oxygen atoms in total. The van der Waals surface area contributed by atoms with E-state index in [0.29, 0.717) is 28.3 Å². The summed E-state index contributed by atoms with van der Waals surface area (Å²) in [5.41, 5.74) is 7.50. The van der Waals surface area contributed by atoms with Gasteiger partial charge in [-0.2, -0.15) is 0 Å². The van der Waals surface area contributed by atoms with Gasteiger partial charge in [0.1, 0.15) is 11.6 Å². The van der Waals surface area contributed by atoms with Gasteiger partial charge in [-0.05, 0) is 42.8 Å². The Hall–Kier alpha value is -2.56. The van der Waals surface area contributed by atoms with Gasteiger partial charge in [0, 0.05) is 11.6 Å². The van der Waals surface area contributed by atoms with Crippen molar-refractivity contribution in [1.82, 2.24) is 0 Å². The van der Waals surface area contributed by atoms with Crippen molar-refractivity contribution < 1.29 is 13.9 Å². The van der Waals surface area contributed by atoms with Crippen molar-refractivity contribution in [3.63, 3.8) is 0 Å². The molecular formula is C15H15FN2O2. The zero-order chi connectivity index (χ0) is 14.7. The molecule has 0 aromatic heterocycles. The molecule has 0 radical (unpaired) electrons. The number of hydrogen-bond donors (Lipinski definition) is 2. The summed E-state index contributed by atoms with van der Waals surface area (Å²) in [6.07, 6.45) is 0. The summed E-state index contributed by atoms with van der Waals surface area (Å²) in [6, 6.07) is 9.15. The van der Waals surface area contributed by atoms with Crippen molar-refractivity contribution in [3.05, 3.63) is 53.3 Å². The van der Waals surface area contributed by atoms with Crippen molar-refractivity contribution in [2.45, 2.75) is 6.92 Å². The Labute approximate surface area is 116 Å². The molecule has 0 fully saturated rings. The van der Waals surface area contributed by atoms with Crippen LogP contribution in [0.5, 0.6) is 5.75 Å². The molecule has 0 unspecified atom stereocenters. The molecule has 104 valence electrons. The molecule has 0 aliphatic carbocycles. The molecule has 0 bridgehead atoms. The van der Waals surface area contributed by atoms with Crippen molar-refractivity contribution in [2.24, 2.45) is 0 Å². The highest BCUT2D eigenvalue weighted by Crippen LogP contribution is 2.24. The van der Waals surface area contributed by atoms with Crippen LogP contribution in [0.4, 0.5) is 15.8 Å². The van der Waals surface area contributed by atoms with Crippen molar-refractivity contribution in [1.29, 1.82) is 0 Å². The molecule has 2 rings (SSSR count). The zero-order valence-corrected chi connectivity index (χ0v) is 11.2. The summed E-state index contributed by atoms with van der Waals surface area (Å²) in [7, 11) is 1.54. The SMILES string of the molecule is COc1ccc(NC(=O)c2ccc(F)c(C)c2)c(N)c1. The minimum absolute atomic E-state index is 0.342. The maximum absolute atomic E-state index is 13.2. The molecule has 0 spiro atoms. The summed E-state index contributed by atoms with van der Waals surface area (Å²) in [5, 5.41) is 2.68. The molecule has 1 amide bonds. The van der Waals surface area contributed by atoms with Crippen LogP contribution in [0.25, 0.3) is 0 Å². The van der Waals surface area contributed by atoms with Gasteiger partial charge in [-0.15, -0.1) is 0 Å². The highest BCUT2D eigenvalue weighted by molar-refractivity contribution is 6.05. The van der Waals surface area contributed by atoms with Crippen LogP contribution in [0.2, 0.25) is 0 Å². The summed E-state index contributed by atoms with van der Waals surface area (Å²) < 4.78 is 18.2. The molecule has 0 aliphatic heterocycles. The first-order chi connectivity index (χ1) is 9.51. The molecule has 2 aromatic carbocycles. The first-order valence-corrected chi connectivity index (χ1v) is 6.02. The maximum atomic E-state index is 13.2. The Kier molecular flexibility index (Phi) is 3.89. The standard InChI is InChI=1S/C15H15FN2O2/c1-9-7-10(3-5-12(9)16)15(19)18-14-6-4-11(20-2)8-13(14)17/h3-8H,17H2,1-2H3,(H,18,19). The van der Waals surface area contributed by atoms with Crippen LogP contribution in [-0.2, 0) is 0 Å². The van der Waals surface area contributed by atoms with Crippen LogP contribution in [0.1, 0.15) is 15.9 Å². The summed E-state index contributed by atoms with van der Waals surface area (Å²) in [5.74, 6) is -0.0754. The topological polar surface area (TPSA) is 64.3 Å². The molecule has 0 heterocycles. The van der Waals surface area contributed by atoms with E-state index in [9.17, 15) is 9.18 Å². The van der Waals surface area contributed by atoms with Crippen LogP contribution < -0.4 is 15.8 Å². The van der Waals surface area contributed by atoms with E-state index >= 15 is 0 Å². The molecule has 20 heavy (non-hydrogen) atoms. The lowest BCUT2D eigenvalue weighted by molar-refractivity contribution is 0.102. The van der Waals surface area contributed by atoms with E-state index < -0.39 is 0 Å². The number of halogens is 1. The molecule has 0 aliphatic rings. The number of carbonyl (C=O) groups is 1. The van der Waals surface area contributed by atoms with Crippen LogP contribution in [0, 0.1) is 12.7 Å². The number of carbonyl (C=O) groups excluding carboxylic acids is 1. The summed E-state index contributed by atoms with van der Waals surface area (Å²) in [4.78, 5) is 12.1. The van der Waals surface area contributed by atoms with Crippen LogP contribution >= 0.6 is 0 Å². The molecule has 0 atom stereocenters. The second-order valence-corrected chi connectivity index (χ2v) is 4.37.